The average molecular weight is 534 g/mol. The summed E-state index contributed by atoms with van der Waals surface area (Å²) in [6, 6.07) is 5.15. The van der Waals surface area contributed by atoms with Crippen molar-refractivity contribution < 1.29 is 27.8 Å². The van der Waals surface area contributed by atoms with Gasteiger partial charge in [0.2, 0.25) is 5.91 Å². The third kappa shape index (κ3) is 5.64. The summed E-state index contributed by atoms with van der Waals surface area (Å²) in [4.78, 5) is 26.5. The summed E-state index contributed by atoms with van der Waals surface area (Å²) in [5.41, 5.74) is 1.50. The number of hydrogen-bond acceptors (Lipinski definition) is 7. The molecule has 0 spiro atoms. The Kier molecular flexibility index (Phi) is 7.88. The highest BCUT2D eigenvalue weighted by atomic mass is 19.4. The number of alkyl halides is 3. The van der Waals surface area contributed by atoms with Gasteiger partial charge in [0.1, 0.15) is 12.1 Å². The molecule has 2 aliphatic heterocycles. The zero-order valence-electron chi connectivity index (χ0n) is 21.5. The molecule has 1 amide bonds. The maximum atomic E-state index is 13.7. The van der Waals surface area contributed by atoms with E-state index < -0.39 is 23.8 Å². The number of amides is 1. The van der Waals surface area contributed by atoms with Crippen LogP contribution in [0.1, 0.15) is 66.5 Å². The highest BCUT2D eigenvalue weighted by molar-refractivity contribution is 5.84. The van der Waals surface area contributed by atoms with Crippen LogP contribution in [0.5, 0.6) is 0 Å². The lowest BCUT2D eigenvalue weighted by Crippen LogP contribution is -2.52. The number of carbonyl (C=O) groups excluding carboxylic acids is 1. The molecule has 206 valence electrons. The molecule has 0 unspecified atom stereocenters. The molecule has 3 heterocycles. The molecule has 3 aliphatic rings. The van der Waals surface area contributed by atoms with Crippen LogP contribution in [0.25, 0.3) is 0 Å². The number of fused-ring (bicyclic) bond motifs is 1. The molecule has 0 bridgehead atoms. The number of ether oxygens (including phenoxy) is 1. The van der Waals surface area contributed by atoms with Gasteiger partial charge in [-0.2, -0.15) is 13.2 Å². The fourth-order valence-corrected chi connectivity index (χ4v) is 5.75. The van der Waals surface area contributed by atoms with Gasteiger partial charge in [0.05, 0.1) is 23.3 Å². The number of piperazine rings is 1. The van der Waals surface area contributed by atoms with Gasteiger partial charge >= 0.3 is 6.18 Å². The molecule has 11 heteroatoms. The van der Waals surface area contributed by atoms with E-state index in [1.54, 1.807) is 4.90 Å². The molecule has 1 aromatic carbocycles. The molecule has 1 aliphatic carbocycles. The minimum Gasteiger partial charge on any atom is -0.387 e. The Balaban J connectivity index is 1.29. The first-order chi connectivity index (χ1) is 18.2. The van der Waals surface area contributed by atoms with Crippen molar-refractivity contribution in [2.24, 2.45) is 0 Å². The molecule has 2 aromatic rings. The second-order valence-corrected chi connectivity index (χ2v) is 10.4. The van der Waals surface area contributed by atoms with Gasteiger partial charge in [0.15, 0.2) is 0 Å². The fraction of sp³-hybridized carbons (Fsp3) is 0.593. The zero-order chi connectivity index (χ0) is 26.9. The lowest BCUT2D eigenvalue weighted by molar-refractivity contribution is -0.137. The van der Waals surface area contributed by atoms with Gasteiger partial charge in [-0.05, 0) is 42.9 Å². The fourth-order valence-electron chi connectivity index (χ4n) is 5.75. The minimum absolute atomic E-state index is 0.0966. The van der Waals surface area contributed by atoms with Gasteiger partial charge in [0, 0.05) is 57.5 Å². The molecule has 2 N–H and O–H groups in total. The van der Waals surface area contributed by atoms with Gasteiger partial charge in [-0.1, -0.05) is 19.1 Å². The van der Waals surface area contributed by atoms with Crippen LogP contribution in [0, 0.1) is 0 Å². The van der Waals surface area contributed by atoms with E-state index in [9.17, 15) is 23.1 Å². The Bertz CT molecular complexity index is 1120. The first-order valence-corrected chi connectivity index (χ1v) is 13.3. The largest absolute Gasteiger partial charge is 0.416 e. The number of aliphatic hydroxyl groups is 1. The number of aliphatic hydroxyl groups excluding tert-OH is 1. The SMILES string of the molecule is C[C@@H]1C[C@H](O)c2ncnc(N3CCN(C(=O)[C@H](CNC4CCOCC4)c4ccc(C(F)(F)F)cc4)CC3)c21. The Morgan fingerprint density at radius 3 is 2.47 bits per heavy atom. The van der Waals surface area contributed by atoms with Crippen molar-refractivity contribution in [2.75, 3.05) is 50.8 Å². The number of benzene rings is 1. The molecule has 0 saturated carbocycles. The van der Waals surface area contributed by atoms with Crippen LogP contribution in [-0.2, 0) is 15.7 Å². The molecular weight excluding hydrogens is 499 g/mol. The predicted molar refractivity (Wildman–Crippen MR) is 135 cm³/mol. The van der Waals surface area contributed by atoms with Crippen LogP contribution in [0.15, 0.2) is 30.6 Å². The monoisotopic (exact) mass is 533 g/mol. The third-order valence-electron chi connectivity index (χ3n) is 7.94. The predicted octanol–water partition coefficient (Wildman–Crippen LogP) is 3.24. The van der Waals surface area contributed by atoms with Gasteiger partial charge < -0.3 is 25.0 Å². The van der Waals surface area contributed by atoms with Crippen LogP contribution >= 0.6 is 0 Å². The van der Waals surface area contributed by atoms with Gasteiger partial charge in [0.25, 0.3) is 0 Å². The van der Waals surface area contributed by atoms with E-state index in [1.165, 1.54) is 18.5 Å². The number of anilines is 1. The number of carbonyl (C=O) groups is 1. The quantitative estimate of drug-likeness (QED) is 0.589. The highest BCUT2D eigenvalue weighted by Crippen LogP contribution is 2.42. The average Bonchev–Trinajstić information content (AvgIpc) is 3.22. The van der Waals surface area contributed by atoms with Gasteiger partial charge in [-0.15, -0.1) is 0 Å². The molecule has 8 nitrogen and oxygen atoms in total. The number of nitrogens with zero attached hydrogens (tertiary/aromatic N) is 4. The van der Waals surface area contributed by atoms with Crippen molar-refractivity contribution in [2.45, 2.75) is 56.3 Å². The Morgan fingerprint density at radius 1 is 1.13 bits per heavy atom. The number of nitrogens with one attached hydrogen (secondary N) is 1. The highest BCUT2D eigenvalue weighted by Gasteiger charge is 2.36. The standard InChI is InChI=1S/C27H34F3N5O3/c1-17-14-22(36)24-23(17)25(33-16-32-24)34-8-10-35(11-9-34)26(37)21(15-31-20-6-12-38-13-7-20)18-2-4-19(5-3-18)27(28,29)30/h2-5,16-17,20-22,31,36H,6-15H2,1H3/t17-,21-,22+/m1/s1. The van der Waals surface area contributed by atoms with E-state index in [0.29, 0.717) is 63.6 Å². The Hall–Kier alpha value is -2.76. The van der Waals surface area contributed by atoms with E-state index in [4.69, 9.17) is 4.74 Å². The van der Waals surface area contributed by atoms with E-state index in [1.807, 2.05) is 0 Å². The van der Waals surface area contributed by atoms with E-state index in [-0.39, 0.29) is 17.9 Å². The van der Waals surface area contributed by atoms with Crippen molar-refractivity contribution in [1.82, 2.24) is 20.2 Å². The van der Waals surface area contributed by atoms with Crippen molar-refractivity contribution in [3.05, 3.63) is 53.0 Å². The third-order valence-corrected chi connectivity index (χ3v) is 7.94. The second kappa shape index (κ2) is 11.2. The Labute approximate surface area is 220 Å². The summed E-state index contributed by atoms with van der Waals surface area (Å²) in [5, 5.41) is 13.8. The lowest BCUT2D eigenvalue weighted by atomic mass is 9.95. The first kappa shape index (κ1) is 26.8. The van der Waals surface area contributed by atoms with Crippen LogP contribution in [0.4, 0.5) is 19.0 Å². The normalized spacial score (nSPS) is 23.4. The summed E-state index contributed by atoms with van der Waals surface area (Å²) in [5.74, 6) is 0.272. The van der Waals surface area contributed by atoms with E-state index >= 15 is 0 Å². The smallest absolute Gasteiger partial charge is 0.387 e. The lowest BCUT2D eigenvalue weighted by Gasteiger charge is -2.38. The summed E-state index contributed by atoms with van der Waals surface area (Å²) < 4.78 is 44.8. The molecule has 1 aromatic heterocycles. The van der Waals surface area contributed by atoms with Crippen molar-refractivity contribution in [3.8, 4) is 0 Å². The summed E-state index contributed by atoms with van der Waals surface area (Å²) in [6.07, 6.45) is -1.24. The van der Waals surface area contributed by atoms with Crippen molar-refractivity contribution >= 4 is 11.7 Å². The van der Waals surface area contributed by atoms with Gasteiger partial charge in [-0.25, -0.2) is 9.97 Å². The van der Waals surface area contributed by atoms with Crippen LogP contribution in [0.3, 0.4) is 0 Å². The molecule has 3 atom stereocenters. The maximum absolute atomic E-state index is 13.7. The summed E-state index contributed by atoms with van der Waals surface area (Å²) in [6.45, 7) is 5.82. The molecule has 2 saturated heterocycles. The number of hydrogen-bond donors (Lipinski definition) is 2. The summed E-state index contributed by atoms with van der Waals surface area (Å²) >= 11 is 0. The van der Waals surface area contributed by atoms with Crippen LogP contribution in [-0.4, -0.2) is 77.9 Å². The Morgan fingerprint density at radius 2 is 1.82 bits per heavy atom. The first-order valence-electron chi connectivity index (χ1n) is 13.3. The number of rotatable bonds is 6. The van der Waals surface area contributed by atoms with Crippen LogP contribution in [0.2, 0.25) is 0 Å². The molecule has 2 fully saturated rings. The molecular formula is C27H34F3N5O3. The van der Waals surface area contributed by atoms with E-state index in [2.05, 4.69) is 27.1 Å². The zero-order valence-corrected chi connectivity index (χ0v) is 21.5. The molecule has 0 radical (unpaired) electrons. The maximum Gasteiger partial charge on any atom is 0.416 e. The van der Waals surface area contributed by atoms with Gasteiger partial charge in [-0.3, -0.25) is 4.79 Å². The molecule has 5 rings (SSSR count). The van der Waals surface area contributed by atoms with Crippen LogP contribution < -0.4 is 10.2 Å². The second-order valence-electron chi connectivity index (χ2n) is 10.4. The van der Waals surface area contributed by atoms with Crippen molar-refractivity contribution in [3.63, 3.8) is 0 Å². The topological polar surface area (TPSA) is 90.8 Å². The minimum atomic E-state index is -4.43. The number of halogens is 3. The summed E-state index contributed by atoms with van der Waals surface area (Å²) in [7, 11) is 0. The van der Waals surface area contributed by atoms with Crippen molar-refractivity contribution in [1.29, 1.82) is 0 Å². The molecule has 38 heavy (non-hydrogen) atoms. The number of aromatic nitrogens is 2. The van der Waals surface area contributed by atoms with E-state index in [0.717, 1.165) is 36.4 Å².